The number of nitrogens with one attached hydrogen (secondary N) is 2. The highest BCUT2D eigenvalue weighted by molar-refractivity contribution is 5.36. The number of para-hydroxylation sites is 1. The molecule has 1 aromatic rings. The Morgan fingerprint density at radius 2 is 2.13 bits per heavy atom. The van der Waals surface area contributed by atoms with Crippen LogP contribution in [0.2, 0.25) is 0 Å². The van der Waals surface area contributed by atoms with Crippen LogP contribution in [0.4, 0.5) is 0 Å². The minimum Gasteiger partial charge on any atom is -0.496 e. The van der Waals surface area contributed by atoms with Gasteiger partial charge in [-0.3, -0.25) is 0 Å². The number of hydrogen-bond donors (Lipinski definition) is 2. The van der Waals surface area contributed by atoms with Crippen molar-refractivity contribution in [1.82, 2.24) is 10.6 Å². The molecule has 1 saturated heterocycles. The van der Waals surface area contributed by atoms with Gasteiger partial charge in [-0.1, -0.05) is 18.2 Å². The SMILES string of the molecule is CNC(c1ccccc1OC)C1CNC1. The van der Waals surface area contributed by atoms with E-state index in [2.05, 4.69) is 22.8 Å². The third kappa shape index (κ3) is 1.98. The smallest absolute Gasteiger partial charge is 0.123 e. The molecule has 0 aromatic heterocycles. The molecular formula is C12H18N2O. The molecule has 0 aliphatic carbocycles. The molecule has 1 heterocycles. The van der Waals surface area contributed by atoms with E-state index in [9.17, 15) is 0 Å². The summed E-state index contributed by atoms with van der Waals surface area (Å²) in [7, 11) is 3.74. The van der Waals surface area contributed by atoms with Gasteiger partial charge in [-0.15, -0.1) is 0 Å². The first-order valence-electron chi connectivity index (χ1n) is 5.37. The van der Waals surface area contributed by atoms with E-state index in [0.717, 1.165) is 18.8 Å². The first-order chi connectivity index (χ1) is 7.36. The van der Waals surface area contributed by atoms with Crippen molar-refractivity contribution < 1.29 is 4.74 Å². The molecular weight excluding hydrogens is 188 g/mol. The van der Waals surface area contributed by atoms with Crippen LogP contribution in [-0.2, 0) is 0 Å². The maximum atomic E-state index is 5.39. The van der Waals surface area contributed by atoms with Gasteiger partial charge in [0, 0.05) is 30.6 Å². The number of hydrogen-bond acceptors (Lipinski definition) is 3. The normalized spacial score (nSPS) is 18.3. The third-order valence-corrected chi connectivity index (χ3v) is 3.07. The van der Waals surface area contributed by atoms with E-state index in [1.165, 1.54) is 5.56 Å². The van der Waals surface area contributed by atoms with Crippen LogP contribution in [0.5, 0.6) is 5.75 Å². The van der Waals surface area contributed by atoms with Crippen molar-refractivity contribution in [2.75, 3.05) is 27.2 Å². The minimum atomic E-state index is 0.391. The average molecular weight is 206 g/mol. The molecule has 82 valence electrons. The van der Waals surface area contributed by atoms with E-state index in [0.29, 0.717) is 12.0 Å². The number of rotatable bonds is 4. The van der Waals surface area contributed by atoms with Gasteiger partial charge in [0.05, 0.1) is 7.11 Å². The van der Waals surface area contributed by atoms with Crippen LogP contribution < -0.4 is 15.4 Å². The summed E-state index contributed by atoms with van der Waals surface area (Å²) in [6, 6.07) is 8.62. The average Bonchev–Trinajstić information content (AvgIpc) is 2.23. The molecule has 2 rings (SSSR count). The highest BCUT2D eigenvalue weighted by Crippen LogP contribution is 2.31. The summed E-state index contributed by atoms with van der Waals surface area (Å²) in [4.78, 5) is 0. The Hall–Kier alpha value is -1.06. The van der Waals surface area contributed by atoms with E-state index < -0.39 is 0 Å². The van der Waals surface area contributed by atoms with Crippen LogP contribution in [0.1, 0.15) is 11.6 Å². The summed E-state index contributed by atoms with van der Waals surface area (Å²) in [6.07, 6.45) is 0. The summed E-state index contributed by atoms with van der Waals surface area (Å²) >= 11 is 0. The van der Waals surface area contributed by atoms with Gasteiger partial charge < -0.3 is 15.4 Å². The zero-order chi connectivity index (χ0) is 10.7. The summed E-state index contributed by atoms with van der Waals surface area (Å²) < 4.78 is 5.39. The molecule has 1 aliphatic heterocycles. The fourth-order valence-corrected chi connectivity index (χ4v) is 2.12. The van der Waals surface area contributed by atoms with Gasteiger partial charge in [0.2, 0.25) is 0 Å². The first-order valence-corrected chi connectivity index (χ1v) is 5.37. The van der Waals surface area contributed by atoms with Crippen molar-refractivity contribution in [2.24, 2.45) is 5.92 Å². The molecule has 15 heavy (non-hydrogen) atoms. The van der Waals surface area contributed by atoms with E-state index >= 15 is 0 Å². The molecule has 1 unspecified atom stereocenters. The van der Waals surface area contributed by atoms with E-state index in [-0.39, 0.29) is 0 Å². The van der Waals surface area contributed by atoms with Crippen LogP contribution in [-0.4, -0.2) is 27.2 Å². The Morgan fingerprint density at radius 1 is 1.40 bits per heavy atom. The predicted molar refractivity (Wildman–Crippen MR) is 61.2 cm³/mol. The van der Waals surface area contributed by atoms with E-state index in [4.69, 9.17) is 4.74 Å². The molecule has 3 nitrogen and oxygen atoms in total. The van der Waals surface area contributed by atoms with E-state index in [1.807, 2.05) is 19.2 Å². The van der Waals surface area contributed by atoms with Crippen LogP contribution >= 0.6 is 0 Å². The lowest BCUT2D eigenvalue weighted by molar-refractivity contribution is 0.262. The second kappa shape index (κ2) is 4.64. The highest BCUT2D eigenvalue weighted by atomic mass is 16.5. The second-order valence-electron chi connectivity index (χ2n) is 3.93. The zero-order valence-corrected chi connectivity index (χ0v) is 9.29. The van der Waals surface area contributed by atoms with Crippen molar-refractivity contribution in [3.63, 3.8) is 0 Å². The van der Waals surface area contributed by atoms with Crippen LogP contribution in [0.25, 0.3) is 0 Å². The second-order valence-corrected chi connectivity index (χ2v) is 3.93. The quantitative estimate of drug-likeness (QED) is 0.776. The van der Waals surface area contributed by atoms with Gasteiger partial charge in [0.25, 0.3) is 0 Å². The summed E-state index contributed by atoms with van der Waals surface area (Å²) in [5, 5.41) is 6.68. The molecule has 2 N–H and O–H groups in total. The molecule has 0 amide bonds. The van der Waals surface area contributed by atoms with Crippen molar-refractivity contribution >= 4 is 0 Å². The topological polar surface area (TPSA) is 33.3 Å². The van der Waals surface area contributed by atoms with Crippen molar-refractivity contribution in [2.45, 2.75) is 6.04 Å². The van der Waals surface area contributed by atoms with E-state index in [1.54, 1.807) is 7.11 Å². The van der Waals surface area contributed by atoms with Crippen molar-refractivity contribution in [3.8, 4) is 5.75 Å². The van der Waals surface area contributed by atoms with Crippen molar-refractivity contribution in [3.05, 3.63) is 29.8 Å². The predicted octanol–water partition coefficient (Wildman–Crippen LogP) is 1.18. The molecule has 0 radical (unpaired) electrons. The molecule has 3 heteroatoms. The maximum Gasteiger partial charge on any atom is 0.123 e. The molecule has 0 bridgehead atoms. The number of methoxy groups -OCH3 is 1. The Labute approximate surface area is 90.8 Å². The lowest BCUT2D eigenvalue weighted by Crippen LogP contribution is -2.48. The standard InChI is InChI=1S/C12H18N2O/c1-13-12(9-7-14-8-9)10-5-3-4-6-11(10)15-2/h3-6,9,12-14H,7-8H2,1-2H3. The Balaban J connectivity index is 2.24. The molecule has 0 spiro atoms. The number of ether oxygens (including phenoxy) is 1. The minimum absolute atomic E-state index is 0.391. The maximum absolute atomic E-state index is 5.39. The van der Waals surface area contributed by atoms with Gasteiger partial charge in [-0.05, 0) is 13.1 Å². The summed E-state index contributed by atoms with van der Waals surface area (Å²) in [5.41, 5.74) is 1.26. The number of benzene rings is 1. The summed E-state index contributed by atoms with van der Waals surface area (Å²) in [5.74, 6) is 1.65. The molecule has 0 saturated carbocycles. The fraction of sp³-hybridized carbons (Fsp3) is 0.500. The van der Waals surface area contributed by atoms with Crippen molar-refractivity contribution in [1.29, 1.82) is 0 Å². The summed E-state index contributed by atoms with van der Waals surface area (Å²) in [6.45, 7) is 2.17. The lowest BCUT2D eigenvalue weighted by Gasteiger charge is -2.35. The zero-order valence-electron chi connectivity index (χ0n) is 9.29. The van der Waals surface area contributed by atoms with Crippen LogP contribution in [0.3, 0.4) is 0 Å². The van der Waals surface area contributed by atoms with Gasteiger partial charge in [0.15, 0.2) is 0 Å². The fourth-order valence-electron chi connectivity index (χ4n) is 2.12. The van der Waals surface area contributed by atoms with Gasteiger partial charge in [-0.2, -0.15) is 0 Å². The van der Waals surface area contributed by atoms with Gasteiger partial charge in [0.1, 0.15) is 5.75 Å². The molecule has 1 aliphatic rings. The molecule has 1 aromatic carbocycles. The molecule has 1 fully saturated rings. The highest BCUT2D eigenvalue weighted by Gasteiger charge is 2.28. The Bertz CT molecular complexity index is 323. The lowest BCUT2D eigenvalue weighted by atomic mass is 9.88. The van der Waals surface area contributed by atoms with Crippen LogP contribution in [0.15, 0.2) is 24.3 Å². The Kier molecular flexibility index (Phi) is 3.23. The monoisotopic (exact) mass is 206 g/mol. The third-order valence-electron chi connectivity index (χ3n) is 3.07. The van der Waals surface area contributed by atoms with Crippen LogP contribution in [0, 0.1) is 5.92 Å². The molecule has 1 atom stereocenters. The first kappa shape index (κ1) is 10.5. The van der Waals surface area contributed by atoms with Gasteiger partial charge >= 0.3 is 0 Å². The largest absolute Gasteiger partial charge is 0.496 e. The van der Waals surface area contributed by atoms with Gasteiger partial charge in [-0.25, -0.2) is 0 Å². The Morgan fingerprint density at radius 3 is 2.67 bits per heavy atom.